The van der Waals surface area contributed by atoms with Gasteiger partial charge in [0.25, 0.3) is 5.91 Å². The molecule has 0 aliphatic carbocycles. The van der Waals surface area contributed by atoms with Crippen LogP contribution in [0.1, 0.15) is 10.5 Å². The fraction of sp³-hybridized carbons (Fsp3) is 0.381. The number of carbonyl (C=O) groups is 2. The number of hydrogen-bond donors (Lipinski definition) is 0. The van der Waals surface area contributed by atoms with E-state index >= 15 is 0 Å². The molecule has 1 aromatic carbocycles. The van der Waals surface area contributed by atoms with Gasteiger partial charge in [0, 0.05) is 69.9 Å². The van der Waals surface area contributed by atoms with Crippen LogP contribution < -0.4 is 9.80 Å². The molecule has 7 nitrogen and oxygen atoms in total. The third-order valence-electron chi connectivity index (χ3n) is 5.48. The Bertz CT molecular complexity index is 813. The maximum Gasteiger partial charge on any atom is 0.272 e. The Balaban J connectivity index is 1.38. The zero-order chi connectivity index (χ0) is 19.3. The Labute approximate surface area is 165 Å². The summed E-state index contributed by atoms with van der Waals surface area (Å²) in [7, 11) is 0. The molecule has 2 saturated heterocycles. The number of hydrogen-bond acceptors (Lipinski definition) is 5. The number of aromatic nitrogens is 1. The van der Waals surface area contributed by atoms with Gasteiger partial charge in [0.2, 0.25) is 6.41 Å². The molecule has 146 valence electrons. The van der Waals surface area contributed by atoms with Crippen LogP contribution in [0.15, 0.2) is 48.7 Å². The van der Waals surface area contributed by atoms with Crippen LogP contribution in [0.25, 0.3) is 0 Å². The summed E-state index contributed by atoms with van der Waals surface area (Å²) >= 11 is 0. The first kappa shape index (κ1) is 18.3. The molecule has 7 heteroatoms. The van der Waals surface area contributed by atoms with Crippen molar-refractivity contribution in [3.05, 3.63) is 54.4 Å². The molecule has 0 atom stereocenters. The molecule has 3 heterocycles. The number of nitrogens with zero attached hydrogens (tertiary/aromatic N) is 5. The van der Waals surface area contributed by atoms with E-state index < -0.39 is 0 Å². The van der Waals surface area contributed by atoms with Crippen LogP contribution in [0.3, 0.4) is 0 Å². The monoisotopic (exact) mass is 379 g/mol. The number of carbonyl (C=O) groups excluding carboxylic acids is 2. The third kappa shape index (κ3) is 3.93. The summed E-state index contributed by atoms with van der Waals surface area (Å²) in [6.45, 7) is 5.98. The summed E-state index contributed by atoms with van der Waals surface area (Å²) in [4.78, 5) is 36.3. The Kier molecular flexibility index (Phi) is 5.41. The van der Waals surface area contributed by atoms with Gasteiger partial charge in [0.05, 0.1) is 0 Å². The van der Waals surface area contributed by atoms with Crippen LogP contribution in [-0.2, 0) is 4.79 Å². The largest absolute Gasteiger partial charge is 0.368 e. The summed E-state index contributed by atoms with van der Waals surface area (Å²) in [5.74, 6) is -0.0129. The SMILES string of the molecule is O=CN1CCN(c2ccnc(C(=O)N3CCN(c4ccccc4)CC3)c2)CC1. The minimum atomic E-state index is -0.0129. The molecule has 0 radical (unpaired) electrons. The van der Waals surface area contributed by atoms with Crippen molar-refractivity contribution in [2.75, 3.05) is 62.2 Å². The van der Waals surface area contributed by atoms with Gasteiger partial charge < -0.3 is 19.6 Å². The first-order valence-electron chi connectivity index (χ1n) is 9.74. The lowest BCUT2D eigenvalue weighted by Gasteiger charge is -2.36. The maximum absolute atomic E-state index is 12.9. The zero-order valence-electron chi connectivity index (χ0n) is 15.9. The van der Waals surface area contributed by atoms with Crippen LogP contribution in [0.2, 0.25) is 0 Å². The number of piperazine rings is 2. The topological polar surface area (TPSA) is 60.0 Å². The van der Waals surface area contributed by atoms with E-state index in [1.54, 1.807) is 11.1 Å². The molecule has 2 aliphatic rings. The zero-order valence-corrected chi connectivity index (χ0v) is 15.9. The van der Waals surface area contributed by atoms with Crippen molar-refractivity contribution in [3.63, 3.8) is 0 Å². The van der Waals surface area contributed by atoms with E-state index in [2.05, 4.69) is 26.9 Å². The second-order valence-electron chi connectivity index (χ2n) is 7.14. The Hall–Kier alpha value is -3.09. The number of amides is 2. The summed E-state index contributed by atoms with van der Waals surface area (Å²) in [6.07, 6.45) is 2.60. The van der Waals surface area contributed by atoms with Crippen LogP contribution in [0.4, 0.5) is 11.4 Å². The van der Waals surface area contributed by atoms with Crippen molar-refractivity contribution >= 4 is 23.7 Å². The van der Waals surface area contributed by atoms with Gasteiger partial charge in [-0.2, -0.15) is 0 Å². The van der Waals surface area contributed by atoms with Gasteiger partial charge in [-0.25, -0.2) is 0 Å². The summed E-state index contributed by atoms with van der Waals surface area (Å²) in [6, 6.07) is 14.1. The van der Waals surface area contributed by atoms with Crippen LogP contribution in [0.5, 0.6) is 0 Å². The van der Waals surface area contributed by atoms with Crippen molar-refractivity contribution in [2.24, 2.45) is 0 Å². The lowest BCUT2D eigenvalue weighted by molar-refractivity contribution is -0.118. The minimum absolute atomic E-state index is 0.0129. The molecule has 1 aromatic heterocycles. The second kappa shape index (κ2) is 8.29. The number of benzene rings is 1. The molecule has 2 aromatic rings. The minimum Gasteiger partial charge on any atom is -0.368 e. The Morgan fingerprint density at radius 3 is 2.14 bits per heavy atom. The van der Waals surface area contributed by atoms with Crippen molar-refractivity contribution in [2.45, 2.75) is 0 Å². The van der Waals surface area contributed by atoms with Gasteiger partial charge >= 0.3 is 0 Å². The molecule has 0 unspecified atom stereocenters. The maximum atomic E-state index is 12.9. The van der Waals surface area contributed by atoms with Gasteiger partial charge in [-0.05, 0) is 24.3 Å². The van der Waals surface area contributed by atoms with E-state index in [4.69, 9.17) is 0 Å². The van der Waals surface area contributed by atoms with Gasteiger partial charge in [-0.15, -0.1) is 0 Å². The Morgan fingerprint density at radius 1 is 0.821 bits per heavy atom. The normalized spacial score (nSPS) is 17.6. The third-order valence-corrected chi connectivity index (χ3v) is 5.48. The molecule has 0 saturated carbocycles. The highest BCUT2D eigenvalue weighted by atomic mass is 16.2. The first-order valence-corrected chi connectivity index (χ1v) is 9.74. The molecule has 0 spiro atoms. The molecule has 2 amide bonds. The quantitative estimate of drug-likeness (QED) is 0.750. The highest BCUT2D eigenvalue weighted by Gasteiger charge is 2.24. The standard InChI is InChI=1S/C21H25N5O2/c27-17-23-8-10-25(11-9-23)19-6-7-22-20(16-19)21(28)26-14-12-24(13-15-26)18-4-2-1-3-5-18/h1-7,16-17H,8-15H2. The van der Waals surface area contributed by atoms with Gasteiger partial charge in [-0.1, -0.05) is 18.2 Å². The summed E-state index contributed by atoms with van der Waals surface area (Å²) in [5.41, 5.74) is 2.68. The smallest absolute Gasteiger partial charge is 0.272 e. The van der Waals surface area contributed by atoms with E-state index in [1.165, 1.54) is 5.69 Å². The van der Waals surface area contributed by atoms with Crippen LogP contribution >= 0.6 is 0 Å². The van der Waals surface area contributed by atoms with E-state index in [9.17, 15) is 9.59 Å². The molecular weight excluding hydrogens is 354 g/mol. The first-order chi connectivity index (χ1) is 13.7. The summed E-state index contributed by atoms with van der Waals surface area (Å²) < 4.78 is 0. The van der Waals surface area contributed by atoms with Crippen molar-refractivity contribution in [3.8, 4) is 0 Å². The average molecular weight is 379 g/mol. The van der Waals surface area contributed by atoms with Crippen molar-refractivity contribution in [1.29, 1.82) is 0 Å². The predicted octanol–water partition coefficient (Wildman–Crippen LogP) is 1.32. The summed E-state index contributed by atoms with van der Waals surface area (Å²) in [5, 5.41) is 0. The number of anilines is 2. The van der Waals surface area contributed by atoms with E-state index in [1.807, 2.05) is 35.2 Å². The number of pyridine rings is 1. The molecule has 4 rings (SSSR count). The Morgan fingerprint density at radius 2 is 1.46 bits per heavy atom. The molecule has 2 fully saturated rings. The van der Waals surface area contributed by atoms with Gasteiger partial charge in [0.15, 0.2) is 0 Å². The molecule has 2 aliphatic heterocycles. The fourth-order valence-corrected chi connectivity index (χ4v) is 3.79. The number of rotatable bonds is 4. The van der Waals surface area contributed by atoms with E-state index in [-0.39, 0.29) is 5.91 Å². The number of para-hydroxylation sites is 1. The van der Waals surface area contributed by atoms with Gasteiger partial charge in [-0.3, -0.25) is 14.6 Å². The van der Waals surface area contributed by atoms with Crippen LogP contribution in [-0.4, -0.2) is 79.5 Å². The van der Waals surface area contributed by atoms with Crippen LogP contribution in [0, 0.1) is 0 Å². The lowest BCUT2D eigenvalue weighted by Crippen LogP contribution is -2.49. The average Bonchev–Trinajstić information content (AvgIpc) is 2.79. The highest BCUT2D eigenvalue weighted by molar-refractivity contribution is 5.93. The van der Waals surface area contributed by atoms with E-state index in [0.717, 1.165) is 38.3 Å². The van der Waals surface area contributed by atoms with Gasteiger partial charge in [0.1, 0.15) is 5.69 Å². The van der Waals surface area contributed by atoms with Crippen molar-refractivity contribution < 1.29 is 9.59 Å². The van der Waals surface area contributed by atoms with E-state index in [0.29, 0.717) is 31.9 Å². The molecule has 28 heavy (non-hydrogen) atoms. The fourth-order valence-electron chi connectivity index (χ4n) is 3.79. The lowest BCUT2D eigenvalue weighted by atomic mass is 10.2. The predicted molar refractivity (Wildman–Crippen MR) is 109 cm³/mol. The molecular formula is C21H25N5O2. The molecule has 0 bridgehead atoms. The van der Waals surface area contributed by atoms with Crippen molar-refractivity contribution in [1.82, 2.24) is 14.8 Å². The highest BCUT2D eigenvalue weighted by Crippen LogP contribution is 2.19. The second-order valence-corrected chi connectivity index (χ2v) is 7.14. The molecule has 0 N–H and O–H groups in total.